The molecule has 0 spiro atoms. The number of carbonyl (C=O) groups is 3. The predicted octanol–water partition coefficient (Wildman–Crippen LogP) is 2.09. The van der Waals surface area contributed by atoms with Crippen molar-refractivity contribution in [3.63, 3.8) is 0 Å². The van der Waals surface area contributed by atoms with Crippen LogP contribution in [0, 0.1) is 6.92 Å². The van der Waals surface area contributed by atoms with E-state index in [0.717, 1.165) is 0 Å². The van der Waals surface area contributed by atoms with Crippen LogP contribution in [0.4, 0.5) is 5.69 Å². The summed E-state index contributed by atoms with van der Waals surface area (Å²) in [4.78, 5) is 38.1. The second kappa shape index (κ2) is 8.38. The Morgan fingerprint density at radius 1 is 1.29 bits per heavy atom. The Kier molecular flexibility index (Phi) is 5.64. The van der Waals surface area contributed by atoms with Gasteiger partial charge < -0.3 is 29.3 Å². The van der Waals surface area contributed by atoms with Crippen LogP contribution in [0.5, 0.6) is 5.75 Å². The molecule has 2 N–H and O–H groups in total. The van der Waals surface area contributed by atoms with Crippen molar-refractivity contribution in [3.8, 4) is 5.75 Å². The number of aliphatic carboxylic acids is 1. The van der Waals surface area contributed by atoms with E-state index >= 15 is 0 Å². The molecule has 31 heavy (non-hydrogen) atoms. The highest BCUT2D eigenvalue weighted by atomic mass is 16.5. The number of carboxylic acid groups (broad SMARTS) is 1. The van der Waals surface area contributed by atoms with Gasteiger partial charge in [0.2, 0.25) is 0 Å². The third kappa shape index (κ3) is 4.38. The zero-order chi connectivity index (χ0) is 22.1. The highest BCUT2D eigenvalue weighted by Gasteiger charge is 2.39. The minimum absolute atomic E-state index is 0.0778. The molecule has 2 aliphatic rings. The van der Waals surface area contributed by atoms with Crippen molar-refractivity contribution in [2.24, 2.45) is 0 Å². The van der Waals surface area contributed by atoms with Crippen molar-refractivity contribution < 1.29 is 33.5 Å². The molecule has 1 fully saturated rings. The number of nitrogens with zero attached hydrogens (tertiary/aromatic N) is 2. The van der Waals surface area contributed by atoms with Crippen LogP contribution in [-0.4, -0.2) is 64.9 Å². The van der Waals surface area contributed by atoms with Crippen LogP contribution in [0.1, 0.15) is 45.9 Å². The monoisotopic (exact) mass is 429 g/mol. The second-order valence-electron chi connectivity index (χ2n) is 7.75. The van der Waals surface area contributed by atoms with E-state index < -0.39 is 24.1 Å². The Morgan fingerprint density at radius 2 is 2.10 bits per heavy atom. The molecule has 1 saturated heterocycles. The fourth-order valence-electron chi connectivity index (χ4n) is 3.97. The van der Waals surface area contributed by atoms with E-state index in [0.29, 0.717) is 35.6 Å². The van der Waals surface area contributed by atoms with Crippen LogP contribution >= 0.6 is 0 Å². The third-order valence-electron chi connectivity index (χ3n) is 5.53. The highest BCUT2D eigenvalue weighted by Crippen LogP contribution is 2.32. The molecule has 2 aromatic rings. The average molecular weight is 429 g/mol. The maximum absolute atomic E-state index is 13.2. The number of nitrogens with one attached hydrogen (secondary N) is 1. The molecule has 2 amide bonds. The minimum Gasteiger partial charge on any atom is -0.490 e. The molecule has 0 unspecified atom stereocenters. The molecule has 4 rings (SSSR count). The number of amides is 2. The summed E-state index contributed by atoms with van der Waals surface area (Å²) in [6, 6.07) is 6.09. The number of hydrogen-bond acceptors (Lipinski definition) is 7. The number of hydrogen-bond donors (Lipinski definition) is 2. The Morgan fingerprint density at radius 3 is 2.81 bits per heavy atom. The van der Waals surface area contributed by atoms with Gasteiger partial charge in [-0.25, -0.2) is 0 Å². The summed E-state index contributed by atoms with van der Waals surface area (Å²) in [5, 5.41) is 15.4. The first-order valence-electron chi connectivity index (χ1n) is 9.97. The van der Waals surface area contributed by atoms with Gasteiger partial charge in [-0.2, -0.15) is 0 Å². The Bertz CT molecular complexity index is 1020. The number of ether oxygens (including phenoxy) is 2. The van der Waals surface area contributed by atoms with Crippen LogP contribution < -0.4 is 10.1 Å². The Labute approximate surface area is 178 Å². The quantitative estimate of drug-likeness (QED) is 0.755. The van der Waals surface area contributed by atoms with E-state index in [4.69, 9.17) is 19.1 Å². The SMILES string of the molecule is Cc1cc(C(=O)Nc2ccc3c(c2)C(=O)N(C)[C@H]2CC[C@@H](CC(=O)O)O[C@H]2CO3)no1. The summed E-state index contributed by atoms with van der Waals surface area (Å²) in [5.74, 6) is -0.744. The molecule has 1 aromatic carbocycles. The molecular weight excluding hydrogens is 406 g/mol. The van der Waals surface area contributed by atoms with E-state index in [2.05, 4.69) is 10.5 Å². The zero-order valence-electron chi connectivity index (χ0n) is 17.2. The molecule has 164 valence electrons. The van der Waals surface area contributed by atoms with Gasteiger partial charge in [-0.1, -0.05) is 5.16 Å². The van der Waals surface area contributed by atoms with Gasteiger partial charge in [0.05, 0.1) is 24.1 Å². The molecule has 2 aliphatic heterocycles. The summed E-state index contributed by atoms with van der Waals surface area (Å²) in [5.41, 5.74) is 0.887. The van der Waals surface area contributed by atoms with Crippen molar-refractivity contribution >= 4 is 23.5 Å². The second-order valence-corrected chi connectivity index (χ2v) is 7.75. The molecule has 1 aromatic heterocycles. The lowest BCUT2D eigenvalue weighted by molar-refractivity contribution is -0.148. The predicted molar refractivity (Wildman–Crippen MR) is 107 cm³/mol. The lowest BCUT2D eigenvalue weighted by atomic mass is 9.94. The Hall–Kier alpha value is -3.40. The summed E-state index contributed by atoms with van der Waals surface area (Å²) < 4.78 is 16.7. The van der Waals surface area contributed by atoms with Gasteiger partial charge in [-0.15, -0.1) is 0 Å². The van der Waals surface area contributed by atoms with Gasteiger partial charge >= 0.3 is 5.97 Å². The van der Waals surface area contributed by atoms with Gasteiger partial charge in [0.25, 0.3) is 11.8 Å². The molecule has 3 heterocycles. The summed E-state index contributed by atoms with van der Waals surface area (Å²) in [6.45, 7) is 1.88. The third-order valence-corrected chi connectivity index (χ3v) is 5.53. The van der Waals surface area contributed by atoms with Crippen LogP contribution in [0.25, 0.3) is 0 Å². The first-order valence-corrected chi connectivity index (χ1v) is 9.97. The molecule has 10 heteroatoms. The van der Waals surface area contributed by atoms with Crippen molar-refractivity contribution in [2.45, 2.75) is 44.4 Å². The van der Waals surface area contributed by atoms with E-state index in [-0.39, 0.29) is 30.7 Å². The maximum Gasteiger partial charge on any atom is 0.305 e. The number of anilines is 1. The van der Waals surface area contributed by atoms with E-state index in [1.807, 2.05) is 0 Å². The van der Waals surface area contributed by atoms with Gasteiger partial charge in [-0.3, -0.25) is 14.4 Å². The molecule has 0 saturated carbocycles. The van der Waals surface area contributed by atoms with Crippen LogP contribution in [-0.2, 0) is 9.53 Å². The van der Waals surface area contributed by atoms with Crippen LogP contribution in [0.3, 0.4) is 0 Å². The molecular formula is C21H23N3O7. The number of rotatable bonds is 4. The molecule has 10 nitrogen and oxygen atoms in total. The van der Waals surface area contributed by atoms with Crippen molar-refractivity contribution in [3.05, 3.63) is 41.3 Å². The topological polar surface area (TPSA) is 131 Å². The number of carboxylic acids is 1. The number of benzene rings is 1. The maximum atomic E-state index is 13.2. The van der Waals surface area contributed by atoms with E-state index in [9.17, 15) is 14.4 Å². The van der Waals surface area contributed by atoms with Gasteiger partial charge in [0, 0.05) is 18.8 Å². The number of fused-ring (bicyclic) bond motifs is 2. The first kappa shape index (κ1) is 20.9. The van der Waals surface area contributed by atoms with Crippen LogP contribution in [0.2, 0.25) is 0 Å². The van der Waals surface area contributed by atoms with Gasteiger partial charge in [-0.05, 0) is 38.0 Å². The average Bonchev–Trinajstić information content (AvgIpc) is 3.17. The number of aryl methyl sites for hydroxylation is 1. The minimum atomic E-state index is -0.916. The lowest BCUT2D eigenvalue weighted by Gasteiger charge is -2.42. The largest absolute Gasteiger partial charge is 0.490 e. The number of carbonyl (C=O) groups excluding carboxylic acids is 2. The van der Waals surface area contributed by atoms with Crippen molar-refractivity contribution in [1.82, 2.24) is 10.1 Å². The van der Waals surface area contributed by atoms with Gasteiger partial charge in [0.15, 0.2) is 5.69 Å². The first-order chi connectivity index (χ1) is 14.8. The molecule has 0 aliphatic carbocycles. The fraction of sp³-hybridized carbons (Fsp3) is 0.429. The fourth-order valence-corrected chi connectivity index (χ4v) is 3.97. The molecule has 0 bridgehead atoms. The summed E-state index contributed by atoms with van der Waals surface area (Å²) in [7, 11) is 1.69. The summed E-state index contributed by atoms with van der Waals surface area (Å²) >= 11 is 0. The lowest BCUT2D eigenvalue weighted by Crippen LogP contribution is -2.53. The normalized spacial score (nSPS) is 23.1. The van der Waals surface area contributed by atoms with Crippen LogP contribution in [0.15, 0.2) is 28.8 Å². The van der Waals surface area contributed by atoms with Crippen molar-refractivity contribution in [1.29, 1.82) is 0 Å². The zero-order valence-corrected chi connectivity index (χ0v) is 17.2. The Balaban J connectivity index is 1.53. The molecule has 3 atom stereocenters. The van der Waals surface area contributed by atoms with Gasteiger partial charge in [0.1, 0.15) is 24.2 Å². The van der Waals surface area contributed by atoms with Crippen molar-refractivity contribution in [2.75, 3.05) is 19.0 Å². The highest BCUT2D eigenvalue weighted by molar-refractivity contribution is 6.04. The smallest absolute Gasteiger partial charge is 0.305 e. The van der Waals surface area contributed by atoms with E-state index in [1.165, 1.54) is 6.07 Å². The summed E-state index contributed by atoms with van der Waals surface area (Å²) in [6.07, 6.45) is 0.264. The van der Waals surface area contributed by atoms with E-state index in [1.54, 1.807) is 37.1 Å². The standard InChI is InChI=1S/C21H23N3O7/c1-11-7-15(23-31-11)20(27)22-12-3-6-17-14(8-12)21(28)24(2)16-5-4-13(9-19(25)26)30-18(16)10-29-17/h3,6-8,13,16,18H,4-5,9-10H2,1-2H3,(H,22,27)(H,25,26)/t13-,16-,18-/m0/s1. The number of likely N-dealkylation sites (N-methyl/N-ethyl adjacent to an activating group) is 1. The molecule has 0 radical (unpaired) electrons. The number of aromatic nitrogens is 1.